The summed E-state index contributed by atoms with van der Waals surface area (Å²) in [4.78, 5) is 2.22. The fourth-order valence-electron chi connectivity index (χ4n) is 2.85. The van der Waals surface area contributed by atoms with Gasteiger partial charge in [0.25, 0.3) is 0 Å². The van der Waals surface area contributed by atoms with Crippen LogP contribution < -0.4 is 10.1 Å². The van der Waals surface area contributed by atoms with Crippen molar-refractivity contribution < 1.29 is 13.5 Å². The molecular weight excluding hydrogens is 271 g/mol. The molecule has 0 aliphatic carbocycles. The molecule has 0 saturated carbocycles. The average molecular weight is 290 g/mol. The van der Waals surface area contributed by atoms with E-state index in [1.807, 2.05) is 12.1 Å². The summed E-state index contributed by atoms with van der Waals surface area (Å²) in [6.45, 7) is 3.44. The molecule has 1 N–H and O–H groups in total. The van der Waals surface area contributed by atoms with E-state index >= 15 is 0 Å². The van der Waals surface area contributed by atoms with E-state index in [4.69, 9.17) is 9.15 Å². The molecule has 0 amide bonds. The maximum absolute atomic E-state index is 14.5. The Kier molecular flexibility index (Phi) is 4.22. The maximum atomic E-state index is 14.5. The summed E-state index contributed by atoms with van der Waals surface area (Å²) in [6, 6.07) is 8.37. The van der Waals surface area contributed by atoms with E-state index in [0.29, 0.717) is 11.3 Å². The number of hydrogen-bond acceptors (Lipinski definition) is 4. The lowest BCUT2D eigenvalue weighted by Crippen LogP contribution is -2.45. The molecule has 2 heterocycles. The van der Waals surface area contributed by atoms with Gasteiger partial charge in [-0.15, -0.1) is 0 Å². The molecule has 1 saturated heterocycles. The number of nitrogens with zero attached hydrogens (tertiary/aromatic N) is 1. The van der Waals surface area contributed by atoms with Gasteiger partial charge in [0, 0.05) is 26.2 Å². The first-order valence-electron chi connectivity index (χ1n) is 7.12. The van der Waals surface area contributed by atoms with Crippen LogP contribution >= 0.6 is 0 Å². The highest BCUT2D eigenvalue weighted by atomic mass is 19.1. The van der Waals surface area contributed by atoms with E-state index in [1.54, 1.807) is 25.5 Å². The van der Waals surface area contributed by atoms with Crippen molar-refractivity contribution in [3.63, 3.8) is 0 Å². The smallest absolute Gasteiger partial charge is 0.132 e. The van der Waals surface area contributed by atoms with E-state index in [9.17, 15) is 4.39 Å². The molecule has 1 aliphatic heterocycles. The number of halogens is 1. The van der Waals surface area contributed by atoms with Gasteiger partial charge in [-0.25, -0.2) is 4.39 Å². The molecule has 1 aliphatic rings. The van der Waals surface area contributed by atoms with Gasteiger partial charge >= 0.3 is 0 Å². The zero-order chi connectivity index (χ0) is 14.7. The van der Waals surface area contributed by atoms with Crippen LogP contribution in [0, 0.1) is 5.82 Å². The van der Waals surface area contributed by atoms with Crippen molar-refractivity contribution in [2.45, 2.75) is 6.04 Å². The molecule has 1 aromatic heterocycles. The van der Waals surface area contributed by atoms with Crippen LogP contribution in [0.5, 0.6) is 5.75 Å². The molecular formula is C16H19FN2O2. The standard InChI is InChI=1S/C16H19FN2O2/c1-20-13-5-2-4-12(17)15(13)16(14-6-3-11-21-14)19-9-7-18-8-10-19/h2-6,11,16,18H,7-10H2,1H3/t16-/m1/s1. The lowest BCUT2D eigenvalue weighted by Gasteiger charge is -2.34. The molecule has 4 nitrogen and oxygen atoms in total. The molecule has 3 rings (SSSR count). The molecule has 112 valence electrons. The predicted octanol–water partition coefficient (Wildman–Crippen LogP) is 2.42. The Morgan fingerprint density at radius 2 is 2.05 bits per heavy atom. The lowest BCUT2D eigenvalue weighted by molar-refractivity contribution is 0.174. The molecule has 1 aromatic carbocycles. The van der Waals surface area contributed by atoms with Crippen LogP contribution in [-0.2, 0) is 0 Å². The normalized spacial score (nSPS) is 17.6. The van der Waals surface area contributed by atoms with E-state index in [-0.39, 0.29) is 11.9 Å². The van der Waals surface area contributed by atoms with Gasteiger partial charge in [-0.2, -0.15) is 0 Å². The molecule has 1 atom stereocenters. The zero-order valence-corrected chi connectivity index (χ0v) is 12.0. The van der Waals surface area contributed by atoms with Crippen LogP contribution in [0.15, 0.2) is 41.0 Å². The Labute approximate surface area is 123 Å². The number of hydrogen-bond donors (Lipinski definition) is 1. The lowest BCUT2D eigenvalue weighted by atomic mass is 10.00. The third kappa shape index (κ3) is 2.80. The first-order chi connectivity index (χ1) is 10.3. The Morgan fingerprint density at radius 1 is 1.24 bits per heavy atom. The quantitative estimate of drug-likeness (QED) is 0.938. The van der Waals surface area contributed by atoms with Gasteiger partial charge in [-0.1, -0.05) is 6.07 Å². The Morgan fingerprint density at radius 3 is 2.71 bits per heavy atom. The van der Waals surface area contributed by atoms with Gasteiger partial charge in [0.15, 0.2) is 0 Å². The molecule has 0 unspecified atom stereocenters. The fraction of sp³-hybridized carbons (Fsp3) is 0.375. The number of methoxy groups -OCH3 is 1. The van der Waals surface area contributed by atoms with Crippen molar-refractivity contribution >= 4 is 0 Å². The van der Waals surface area contributed by atoms with Crippen molar-refractivity contribution in [1.29, 1.82) is 0 Å². The number of benzene rings is 1. The number of ether oxygens (including phenoxy) is 1. The summed E-state index contributed by atoms with van der Waals surface area (Å²) in [5, 5.41) is 3.31. The number of rotatable bonds is 4. The predicted molar refractivity (Wildman–Crippen MR) is 77.9 cm³/mol. The van der Waals surface area contributed by atoms with Crippen LogP contribution in [0.4, 0.5) is 4.39 Å². The van der Waals surface area contributed by atoms with Crippen molar-refractivity contribution in [1.82, 2.24) is 10.2 Å². The van der Waals surface area contributed by atoms with Crippen molar-refractivity contribution in [3.8, 4) is 5.75 Å². The highest BCUT2D eigenvalue weighted by molar-refractivity contribution is 5.40. The van der Waals surface area contributed by atoms with E-state index in [1.165, 1.54) is 6.07 Å². The number of nitrogens with one attached hydrogen (secondary N) is 1. The summed E-state index contributed by atoms with van der Waals surface area (Å²) >= 11 is 0. The topological polar surface area (TPSA) is 37.6 Å². The van der Waals surface area contributed by atoms with Crippen LogP contribution in [0.1, 0.15) is 17.4 Å². The van der Waals surface area contributed by atoms with E-state index in [2.05, 4.69) is 10.2 Å². The third-order valence-electron chi connectivity index (χ3n) is 3.84. The average Bonchev–Trinajstić information content (AvgIpc) is 3.04. The van der Waals surface area contributed by atoms with Crippen LogP contribution in [0.3, 0.4) is 0 Å². The first kappa shape index (κ1) is 14.1. The third-order valence-corrected chi connectivity index (χ3v) is 3.84. The largest absolute Gasteiger partial charge is 0.496 e. The second kappa shape index (κ2) is 6.28. The molecule has 21 heavy (non-hydrogen) atoms. The van der Waals surface area contributed by atoms with Crippen molar-refractivity contribution in [2.75, 3.05) is 33.3 Å². The van der Waals surface area contributed by atoms with E-state index < -0.39 is 0 Å². The van der Waals surface area contributed by atoms with Crippen molar-refractivity contribution in [3.05, 3.63) is 53.7 Å². The van der Waals surface area contributed by atoms with Crippen LogP contribution in [0.2, 0.25) is 0 Å². The monoisotopic (exact) mass is 290 g/mol. The summed E-state index contributed by atoms with van der Waals surface area (Å²) in [5.74, 6) is 1.02. The van der Waals surface area contributed by atoms with Gasteiger partial charge in [-0.05, 0) is 24.3 Å². The maximum Gasteiger partial charge on any atom is 0.132 e. The van der Waals surface area contributed by atoms with E-state index in [0.717, 1.165) is 31.9 Å². The molecule has 0 spiro atoms. The number of furan rings is 1. The van der Waals surface area contributed by atoms with Crippen LogP contribution in [-0.4, -0.2) is 38.2 Å². The minimum atomic E-state index is -0.269. The van der Waals surface area contributed by atoms with Crippen LogP contribution in [0.25, 0.3) is 0 Å². The molecule has 0 bridgehead atoms. The summed E-state index contributed by atoms with van der Waals surface area (Å²) in [7, 11) is 1.56. The summed E-state index contributed by atoms with van der Waals surface area (Å²) < 4.78 is 25.4. The second-order valence-corrected chi connectivity index (χ2v) is 5.06. The minimum absolute atomic E-state index is 0.266. The molecule has 5 heteroatoms. The molecule has 2 aromatic rings. The molecule has 0 radical (unpaired) electrons. The fourth-order valence-corrected chi connectivity index (χ4v) is 2.85. The minimum Gasteiger partial charge on any atom is -0.496 e. The molecule has 1 fully saturated rings. The number of piperazine rings is 1. The van der Waals surface area contributed by atoms with Gasteiger partial charge in [0.2, 0.25) is 0 Å². The van der Waals surface area contributed by atoms with Gasteiger partial charge in [0.05, 0.1) is 18.9 Å². The van der Waals surface area contributed by atoms with Gasteiger partial charge in [0.1, 0.15) is 23.4 Å². The Balaban J connectivity index is 2.07. The summed E-state index contributed by atoms with van der Waals surface area (Å²) in [5.41, 5.74) is 0.539. The Hall–Kier alpha value is -1.85. The zero-order valence-electron chi connectivity index (χ0n) is 12.0. The highest BCUT2D eigenvalue weighted by Gasteiger charge is 2.30. The van der Waals surface area contributed by atoms with Gasteiger partial charge in [-0.3, -0.25) is 4.90 Å². The highest BCUT2D eigenvalue weighted by Crippen LogP contribution is 2.36. The summed E-state index contributed by atoms with van der Waals surface area (Å²) in [6.07, 6.45) is 1.62. The van der Waals surface area contributed by atoms with Crippen molar-refractivity contribution in [2.24, 2.45) is 0 Å². The SMILES string of the molecule is COc1cccc(F)c1[C@@H](c1ccco1)N1CCNCC1. The Bertz CT molecular complexity index is 580. The second-order valence-electron chi connectivity index (χ2n) is 5.06. The first-order valence-corrected chi connectivity index (χ1v) is 7.12. The van der Waals surface area contributed by atoms with Gasteiger partial charge < -0.3 is 14.5 Å².